The molecule has 2 nitrogen and oxygen atoms in total. The summed E-state index contributed by atoms with van der Waals surface area (Å²) in [5, 5.41) is 0.996. The number of hydrogen-bond acceptors (Lipinski definition) is 2. The number of rotatable bonds is 3. The molecule has 1 aliphatic rings. The van der Waals surface area contributed by atoms with Gasteiger partial charge in [-0.2, -0.15) is 0 Å². The van der Waals surface area contributed by atoms with Gasteiger partial charge in [0.25, 0.3) is 0 Å². The number of nitrogens with one attached hydrogen (secondary N) is 1. The Bertz CT molecular complexity index is 568. The minimum absolute atomic E-state index is 0.175. The van der Waals surface area contributed by atoms with Crippen LogP contribution in [-0.4, -0.2) is 24.0 Å². The predicted molar refractivity (Wildman–Crippen MR) is 81.5 cm³/mol. The minimum Gasteiger partial charge on any atom is -0.361 e. The monoisotopic (exact) mass is 297 g/mol. The third-order valence-electron chi connectivity index (χ3n) is 3.46. The molecule has 0 aliphatic carbocycles. The Kier molecular flexibility index (Phi) is 4.11. The van der Waals surface area contributed by atoms with Gasteiger partial charge in [0.2, 0.25) is 0 Å². The topological polar surface area (TPSA) is 25.0 Å². The summed E-state index contributed by atoms with van der Waals surface area (Å²) in [5.41, 5.74) is 2.19. The highest BCUT2D eigenvalue weighted by Crippen LogP contribution is 2.60. The van der Waals surface area contributed by atoms with Crippen LogP contribution in [0.2, 0.25) is 0 Å². The zero-order chi connectivity index (χ0) is 13.2. The number of halogens is 1. The van der Waals surface area contributed by atoms with Gasteiger partial charge in [-0.25, -0.2) is 4.39 Å². The van der Waals surface area contributed by atoms with E-state index in [2.05, 4.69) is 11.2 Å². The molecule has 5 heteroatoms. The molecule has 1 fully saturated rings. The van der Waals surface area contributed by atoms with Gasteiger partial charge in [-0.1, -0.05) is 0 Å². The largest absolute Gasteiger partial charge is 0.361 e. The Morgan fingerprint density at radius 2 is 2.32 bits per heavy atom. The molecule has 0 saturated carbocycles. The number of H-pyrrole nitrogens is 1. The van der Waals surface area contributed by atoms with Crippen molar-refractivity contribution >= 4 is 30.8 Å². The number of aromatic nitrogens is 1. The first-order chi connectivity index (χ1) is 9.29. The van der Waals surface area contributed by atoms with Gasteiger partial charge < -0.3 is 9.51 Å². The number of fused-ring (bicyclic) bond motifs is 1. The van der Waals surface area contributed by atoms with Gasteiger partial charge >= 0.3 is 0 Å². The fraction of sp³-hybridized carbons (Fsp3) is 0.429. The first-order valence-corrected chi connectivity index (χ1v) is 9.28. The van der Waals surface area contributed by atoms with E-state index < -0.39 is 8.15 Å². The quantitative estimate of drug-likeness (QED) is 0.817. The number of benzene rings is 1. The molecule has 0 amide bonds. The number of hydrogen-bond donors (Lipinski definition) is 1. The van der Waals surface area contributed by atoms with Crippen molar-refractivity contribution in [2.75, 3.05) is 19.0 Å². The van der Waals surface area contributed by atoms with Crippen LogP contribution in [-0.2, 0) is 4.52 Å². The Morgan fingerprint density at radius 1 is 1.42 bits per heavy atom. The molecule has 1 saturated heterocycles. The molecule has 2 aromatic rings. The zero-order valence-electron chi connectivity index (χ0n) is 10.9. The molecule has 1 aliphatic heterocycles. The Balaban J connectivity index is 1.98. The Morgan fingerprint density at radius 3 is 3.05 bits per heavy atom. The lowest BCUT2D eigenvalue weighted by atomic mass is 10.2. The maximum Gasteiger partial charge on any atom is 0.123 e. The van der Waals surface area contributed by atoms with Gasteiger partial charge in [-0.05, 0) is 49.0 Å². The summed E-state index contributed by atoms with van der Waals surface area (Å²) in [5.74, 6) is -0.175. The van der Waals surface area contributed by atoms with Crippen LogP contribution in [0.3, 0.4) is 0 Å². The Hall–Kier alpha value is -0.570. The number of thioether (sulfide) groups is 1. The minimum atomic E-state index is -0.448. The molecule has 1 N–H and O–H groups in total. The normalized spacial score (nSPS) is 21.7. The summed E-state index contributed by atoms with van der Waals surface area (Å²) in [6.07, 6.45) is 7.71. The van der Waals surface area contributed by atoms with Crippen LogP contribution in [0.15, 0.2) is 24.4 Å². The van der Waals surface area contributed by atoms with Crippen molar-refractivity contribution < 1.29 is 8.91 Å². The standard InChI is InChI=1S/C14H17FNOPS/c1-19-14(18-7-3-2-6-17-18)12-9-16-13-5-4-10(15)8-11(12)13/h4-5,8-9,14,16H,2-3,6-7H2,1H3. The lowest BCUT2D eigenvalue weighted by Crippen LogP contribution is -2.06. The van der Waals surface area contributed by atoms with E-state index in [1.165, 1.54) is 24.5 Å². The molecule has 0 bridgehead atoms. The lowest BCUT2D eigenvalue weighted by Gasteiger charge is -2.29. The molecule has 1 aromatic heterocycles. The molecular weight excluding hydrogens is 280 g/mol. The fourth-order valence-electron chi connectivity index (χ4n) is 2.52. The van der Waals surface area contributed by atoms with Crippen LogP contribution in [0.5, 0.6) is 0 Å². The van der Waals surface area contributed by atoms with Gasteiger partial charge in [0.05, 0.1) is 11.6 Å². The molecule has 3 rings (SSSR count). The molecule has 2 atom stereocenters. The average molecular weight is 297 g/mol. The van der Waals surface area contributed by atoms with Gasteiger partial charge in [-0.15, -0.1) is 11.8 Å². The summed E-state index contributed by atoms with van der Waals surface area (Å²) in [4.78, 5) is 3.58. The summed E-state index contributed by atoms with van der Waals surface area (Å²) >= 11 is 1.82. The van der Waals surface area contributed by atoms with Crippen LogP contribution in [0.4, 0.5) is 4.39 Å². The van der Waals surface area contributed by atoms with Crippen LogP contribution in [0.25, 0.3) is 10.9 Å². The lowest BCUT2D eigenvalue weighted by molar-refractivity contribution is 0.322. The van der Waals surface area contributed by atoms with E-state index in [9.17, 15) is 4.39 Å². The molecule has 2 heterocycles. The van der Waals surface area contributed by atoms with E-state index >= 15 is 0 Å². The van der Waals surface area contributed by atoms with Crippen LogP contribution >= 0.6 is 19.9 Å². The summed E-state index contributed by atoms with van der Waals surface area (Å²) in [6.45, 7) is 0.874. The summed E-state index contributed by atoms with van der Waals surface area (Å²) in [7, 11) is -0.448. The summed E-state index contributed by atoms with van der Waals surface area (Å²) in [6, 6.07) is 4.93. The number of aromatic amines is 1. The second kappa shape index (κ2) is 5.82. The SMILES string of the molecule is CSC(c1c[nH]c2ccc(F)cc12)P1CCCCO1. The predicted octanol–water partition coefficient (Wildman–Crippen LogP) is 4.88. The fourth-order valence-corrected chi connectivity index (χ4v) is 6.33. The van der Waals surface area contributed by atoms with Crippen LogP contribution in [0.1, 0.15) is 23.4 Å². The smallest absolute Gasteiger partial charge is 0.123 e. The van der Waals surface area contributed by atoms with Gasteiger partial charge in [0.15, 0.2) is 0 Å². The second-order valence-corrected chi connectivity index (χ2v) is 8.05. The van der Waals surface area contributed by atoms with E-state index in [-0.39, 0.29) is 5.82 Å². The highest BCUT2D eigenvalue weighted by molar-refractivity contribution is 8.04. The Labute approximate surface area is 117 Å². The molecule has 1 aromatic carbocycles. The third kappa shape index (κ3) is 2.67. The average Bonchev–Trinajstić information content (AvgIpc) is 2.84. The molecule has 102 valence electrons. The molecular formula is C14H17FNOPS. The first-order valence-electron chi connectivity index (χ1n) is 6.48. The van der Waals surface area contributed by atoms with E-state index in [0.29, 0.717) is 4.99 Å². The molecule has 19 heavy (non-hydrogen) atoms. The second-order valence-electron chi connectivity index (χ2n) is 4.70. The van der Waals surface area contributed by atoms with Gasteiger partial charge in [-0.3, -0.25) is 0 Å². The first kappa shape index (κ1) is 13.4. The van der Waals surface area contributed by atoms with E-state index in [1.54, 1.807) is 12.1 Å². The summed E-state index contributed by atoms with van der Waals surface area (Å²) < 4.78 is 19.4. The maximum absolute atomic E-state index is 13.5. The molecule has 2 unspecified atom stereocenters. The van der Waals surface area contributed by atoms with Crippen molar-refractivity contribution in [3.05, 3.63) is 35.8 Å². The van der Waals surface area contributed by atoms with Crippen molar-refractivity contribution in [3.8, 4) is 0 Å². The maximum atomic E-state index is 13.5. The van der Waals surface area contributed by atoms with E-state index in [1.807, 2.05) is 18.0 Å². The zero-order valence-corrected chi connectivity index (χ0v) is 12.6. The molecule has 0 radical (unpaired) electrons. The van der Waals surface area contributed by atoms with Gasteiger partial charge in [0.1, 0.15) is 5.82 Å². The van der Waals surface area contributed by atoms with Crippen molar-refractivity contribution in [1.82, 2.24) is 4.98 Å². The van der Waals surface area contributed by atoms with Crippen LogP contribution < -0.4 is 0 Å². The van der Waals surface area contributed by atoms with Crippen molar-refractivity contribution in [1.29, 1.82) is 0 Å². The van der Waals surface area contributed by atoms with Crippen molar-refractivity contribution in [2.45, 2.75) is 17.8 Å². The van der Waals surface area contributed by atoms with Crippen molar-refractivity contribution in [2.24, 2.45) is 0 Å². The van der Waals surface area contributed by atoms with E-state index in [4.69, 9.17) is 4.52 Å². The molecule has 0 spiro atoms. The highest BCUT2D eigenvalue weighted by atomic mass is 32.2. The third-order valence-corrected chi connectivity index (χ3v) is 7.57. The van der Waals surface area contributed by atoms with Crippen LogP contribution in [0, 0.1) is 5.82 Å². The van der Waals surface area contributed by atoms with Crippen molar-refractivity contribution in [3.63, 3.8) is 0 Å². The van der Waals surface area contributed by atoms with Gasteiger partial charge in [0, 0.05) is 25.2 Å². The highest BCUT2D eigenvalue weighted by Gasteiger charge is 2.27. The van der Waals surface area contributed by atoms with E-state index in [0.717, 1.165) is 23.7 Å².